The monoisotopic (exact) mass is 264 g/mol. The van der Waals surface area contributed by atoms with E-state index in [2.05, 4.69) is 0 Å². The Morgan fingerprint density at radius 3 is 2.78 bits per heavy atom. The molecule has 0 aromatic carbocycles. The second-order valence-corrected chi connectivity index (χ2v) is 4.76. The molecule has 2 N–H and O–H groups in total. The maximum absolute atomic E-state index is 13.3. The zero-order valence-corrected chi connectivity index (χ0v) is 10.8. The number of halogens is 2. The van der Waals surface area contributed by atoms with Gasteiger partial charge >= 0.3 is 0 Å². The third-order valence-corrected chi connectivity index (χ3v) is 3.27. The third-order valence-electron chi connectivity index (χ3n) is 3.27. The molecule has 1 atom stereocenters. The second kappa shape index (κ2) is 6.99. The average Bonchev–Trinajstić information content (AvgIpc) is 2.32. The first-order chi connectivity index (χ1) is 8.50. The van der Waals surface area contributed by atoms with E-state index < -0.39 is 11.8 Å². The number of methoxy groups -OCH3 is 1. The van der Waals surface area contributed by atoms with Crippen molar-refractivity contribution in [3.05, 3.63) is 0 Å². The molecule has 6 heteroatoms. The van der Waals surface area contributed by atoms with Crippen molar-refractivity contribution in [3.8, 4) is 0 Å². The van der Waals surface area contributed by atoms with Gasteiger partial charge in [-0.1, -0.05) is 0 Å². The number of hydrogen-bond donors (Lipinski definition) is 1. The molecule has 1 aliphatic rings. The summed E-state index contributed by atoms with van der Waals surface area (Å²) < 4.78 is 31.5. The molecule has 0 bridgehead atoms. The molecule has 1 aliphatic carbocycles. The molecular weight excluding hydrogens is 242 g/mol. The van der Waals surface area contributed by atoms with Gasteiger partial charge in [0.15, 0.2) is 0 Å². The minimum Gasteiger partial charge on any atom is -0.383 e. The molecule has 1 rings (SSSR count). The molecule has 0 heterocycles. The summed E-state index contributed by atoms with van der Waals surface area (Å²) in [7, 11) is 1.54. The first-order valence-corrected chi connectivity index (χ1v) is 6.36. The number of nitrogens with two attached hydrogens (primary N) is 1. The normalized spacial score (nSPS) is 22.8. The van der Waals surface area contributed by atoms with E-state index in [-0.39, 0.29) is 18.7 Å². The lowest BCUT2D eigenvalue weighted by molar-refractivity contribution is -0.143. The van der Waals surface area contributed by atoms with Crippen molar-refractivity contribution >= 4 is 5.91 Å². The van der Waals surface area contributed by atoms with Crippen LogP contribution in [0.3, 0.4) is 0 Å². The molecule has 18 heavy (non-hydrogen) atoms. The van der Waals surface area contributed by atoms with Crippen LogP contribution < -0.4 is 5.73 Å². The molecule has 106 valence electrons. The van der Waals surface area contributed by atoms with Crippen molar-refractivity contribution in [2.75, 3.05) is 33.4 Å². The number of ether oxygens (including phenoxy) is 1. The van der Waals surface area contributed by atoms with Gasteiger partial charge in [0, 0.05) is 45.5 Å². The van der Waals surface area contributed by atoms with Crippen LogP contribution in [0.4, 0.5) is 8.78 Å². The third kappa shape index (κ3) is 4.49. The van der Waals surface area contributed by atoms with Crippen LogP contribution in [0, 0.1) is 5.92 Å². The summed E-state index contributed by atoms with van der Waals surface area (Å²) in [5.74, 6) is -3.48. The minimum absolute atomic E-state index is 0.105. The van der Waals surface area contributed by atoms with Gasteiger partial charge in [-0.25, -0.2) is 8.78 Å². The quantitative estimate of drug-likeness (QED) is 0.785. The summed E-state index contributed by atoms with van der Waals surface area (Å²) in [6, 6.07) is 0. The number of alkyl halides is 2. The first kappa shape index (κ1) is 15.3. The topological polar surface area (TPSA) is 55.6 Å². The lowest BCUT2D eigenvalue weighted by atomic mass is 9.85. The van der Waals surface area contributed by atoms with Crippen LogP contribution in [0.15, 0.2) is 0 Å². The highest BCUT2D eigenvalue weighted by atomic mass is 19.3. The Morgan fingerprint density at radius 2 is 2.22 bits per heavy atom. The van der Waals surface area contributed by atoms with Gasteiger partial charge in [0.25, 0.3) is 0 Å². The number of amides is 1. The van der Waals surface area contributed by atoms with Crippen molar-refractivity contribution in [1.82, 2.24) is 4.90 Å². The largest absolute Gasteiger partial charge is 0.383 e. The standard InChI is InChI=1S/C12H22F2N2O2/c1-18-8-7-16(6-5-15)11(17)10-3-2-4-12(13,14)9-10/h10H,2-9,15H2,1H3. The van der Waals surface area contributed by atoms with Crippen molar-refractivity contribution in [2.24, 2.45) is 11.7 Å². The van der Waals surface area contributed by atoms with E-state index in [1.165, 1.54) is 4.90 Å². The maximum Gasteiger partial charge on any atom is 0.248 e. The summed E-state index contributed by atoms with van der Waals surface area (Å²) in [5.41, 5.74) is 5.44. The van der Waals surface area contributed by atoms with Crippen LogP contribution in [-0.2, 0) is 9.53 Å². The molecule has 0 aromatic heterocycles. The second-order valence-electron chi connectivity index (χ2n) is 4.76. The average molecular weight is 264 g/mol. The fourth-order valence-corrected chi connectivity index (χ4v) is 2.33. The highest BCUT2D eigenvalue weighted by Gasteiger charge is 2.40. The van der Waals surface area contributed by atoms with Crippen LogP contribution in [-0.4, -0.2) is 50.1 Å². The molecule has 0 spiro atoms. The zero-order valence-electron chi connectivity index (χ0n) is 10.8. The Hall–Kier alpha value is -0.750. The smallest absolute Gasteiger partial charge is 0.248 e. The summed E-state index contributed by atoms with van der Waals surface area (Å²) in [5, 5.41) is 0. The van der Waals surface area contributed by atoms with Crippen LogP contribution in [0.2, 0.25) is 0 Å². The molecular formula is C12H22F2N2O2. The van der Waals surface area contributed by atoms with E-state index in [9.17, 15) is 13.6 Å². The van der Waals surface area contributed by atoms with E-state index in [4.69, 9.17) is 10.5 Å². The van der Waals surface area contributed by atoms with Gasteiger partial charge in [0.2, 0.25) is 11.8 Å². The fraction of sp³-hybridized carbons (Fsp3) is 0.917. The van der Waals surface area contributed by atoms with Crippen molar-refractivity contribution in [2.45, 2.75) is 31.6 Å². The number of nitrogens with zero attached hydrogens (tertiary/aromatic N) is 1. The summed E-state index contributed by atoms with van der Waals surface area (Å²) in [6.07, 6.45) is 0.512. The summed E-state index contributed by atoms with van der Waals surface area (Å²) >= 11 is 0. The Bertz CT molecular complexity index is 275. The van der Waals surface area contributed by atoms with Crippen LogP contribution in [0.5, 0.6) is 0 Å². The Balaban J connectivity index is 2.58. The molecule has 1 fully saturated rings. The number of carbonyl (C=O) groups is 1. The van der Waals surface area contributed by atoms with Gasteiger partial charge in [-0.05, 0) is 12.8 Å². The van der Waals surface area contributed by atoms with Gasteiger partial charge in [-0.3, -0.25) is 4.79 Å². The number of carbonyl (C=O) groups excluding carboxylic acids is 1. The summed E-state index contributed by atoms with van der Waals surface area (Å²) in [6.45, 7) is 1.53. The number of hydrogen-bond acceptors (Lipinski definition) is 3. The van der Waals surface area contributed by atoms with Crippen LogP contribution in [0.1, 0.15) is 25.7 Å². The van der Waals surface area contributed by atoms with Gasteiger partial charge in [-0.2, -0.15) is 0 Å². The van der Waals surface area contributed by atoms with Crippen LogP contribution >= 0.6 is 0 Å². The highest BCUT2D eigenvalue weighted by Crippen LogP contribution is 2.37. The van der Waals surface area contributed by atoms with E-state index in [0.29, 0.717) is 39.1 Å². The van der Waals surface area contributed by atoms with Crippen molar-refractivity contribution < 1.29 is 18.3 Å². The number of rotatable bonds is 6. The van der Waals surface area contributed by atoms with Crippen molar-refractivity contribution in [1.29, 1.82) is 0 Å². The Kier molecular flexibility index (Phi) is 5.95. The Labute approximate surface area is 106 Å². The molecule has 1 saturated carbocycles. The lowest BCUT2D eigenvalue weighted by Gasteiger charge is -2.32. The Morgan fingerprint density at radius 1 is 1.50 bits per heavy atom. The molecule has 0 radical (unpaired) electrons. The minimum atomic E-state index is -2.70. The van der Waals surface area contributed by atoms with Gasteiger partial charge in [0.1, 0.15) is 0 Å². The van der Waals surface area contributed by atoms with E-state index in [0.717, 1.165) is 0 Å². The maximum atomic E-state index is 13.3. The van der Waals surface area contributed by atoms with E-state index in [1.807, 2.05) is 0 Å². The predicted molar refractivity (Wildman–Crippen MR) is 64.4 cm³/mol. The van der Waals surface area contributed by atoms with Crippen LogP contribution in [0.25, 0.3) is 0 Å². The van der Waals surface area contributed by atoms with E-state index in [1.54, 1.807) is 7.11 Å². The first-order valence-electron chi connectivity index (χ1n) is 6.36. The predicted octanol–water partition coefficient (Wildman–Crippen LogP) is 1.25. The molecule has 0 aliphatic heterocycles. The van der Waals surface area contributed by atoms with Gasteiger partial charge in [0.05, 0.1) is 6.61 Å². The van der Waals surface area contributed by atoms with Crippen molar-refractivity contribution in [3.63, 3.8) is 0 Å². The summed E-state index contributed by atoms with van der Waals surface area (Å²) in [4.78, 5) is 13.7. The van der Waals surface area contributed by atoms with Gasteiger partial charge < -0.3 is 15.4 Å². The zero-order chi connectivity index (χ0) is 13.6. The van der Waals surface area contributed by atoms with E-state index >= 15 is 0 Å². The SMILES string of the molecule is COCCN(CCN)C(=O)C1CCCC(F)(F)C1. The molecule has 0 saturated heterocycles. The molecule has 4 nitrogen and oxygen atoms in total. The lowest BCUT2D eigenvalue weighted by Crippen LogP contribution is -2.44. The molecule has 1 unspecified atom stereocenters. The molecule has 0 aromatic rings. The molecule has 1 amide bonds. The highest BCUT2D eigenvalue weighted by molar-refractivity contribution is 5.79. The van der Waals surface area contributed by atoms with Gasteiger partial charge in [-0.15, -0.1) is 0 Å². The fourth-order valence-electron chi connectivity index (χ4n) is 2.33.